The van der Waals surface area contributed by atoms with Crippen LogP contribution in [-0.2, 0) is 0 Å². The van der Waals surface area contributed by atoms with Gasteiger partial charge < -0.3 is 4.52 Å². The molecule has 0 aliphatic heterocycles. The van der Waals surface area contributed by atoms with E-state index in [2.05, 4.69) is 22.3 Å². The van der Waals surface area contributed by atoms with Gasteiger partial charge in [0.1, 0.15) is 11.5 Å². The molecule has 0 unspecified atom stereocenters. The molecule has 0 saturated heterocycles. The minimum Gasteiger partial charge on any atom is -0.361 e. The summed E-state index contributed by atoms with van der Waals surface area (Å²) < 4.78 is 5.03. The largest absolute Gasteiger partial charge is 0.361 e. The van der Waals surface area contributed by atoms with Gasteiger partial charge in [-0.2, -0.15) is 0 Å². The van der Waals surface area contributed by atoms with Crippen LogP contribution in [-0.4, -0.2) is 10.1 Å². The minimum absolute atomic E-state index is 0.707. The molecule has 3 rings (SSSR count). The highest BCUT2D eigenvalue weighted by Crippen LogP contribution is 2.39. The van der Waals surface area contributed by atoms with Gasteiger partial charge in [-0.3, -0.25) is 4.98 Å². The van der Waals surface area contributed by atoms with Crippen LogP contribution in [0.4, 0.5) is 0 Å². The zero-order chi connectivity index (χ0) is 10.3. The van der Waals surface area contributed by atoms with Crippen molar-refractivity contribution in [1.82, 2.24) is 10.1 Å². The third-order valence-electron chi connectivity index (χ3n) is 2.71. The van der Waals surface area contributed by atoms with Crippen LogP contribution in [0.5, 0.6) is 0 Å². The fraction of sp³-hybridized carbons (Fsp3) is 0.333. The van der Waals surface area contributed by atoms with E-state index in [0.29, 0.717) is 5.92 Å². The van der Waals surface area contributed by atoms with E-state index < -0.39 is 0 Å². The van der Waals surface area contributed by atoms with Crippen molar-refractivity contribution in [1.29, 1.82) is 0 Å². The molecule has 1 fully saturated rings. The summed E-state index contributed by atoms with van der Waals surface area (Å²) in [6.45, 7) is 1.89. The van der Waals surface area contributed by atoms with E-state index in [9.17, 15) is 0 Å². The van der Waals surface area contributed by atoms with Crippen molar-refractivity contribution in [2.45, 2.75) is 25.7 Å². The van der Waals surface area contributed by atoms with Crippen molar-refractivity contribution in [2.24, 2.45) is 0 Å². The number of aryl methyl sites for hydroxylation is 1. The van der Waals surface area contributed by atoms with Crippen LogP contribution >= 0.6 is 0 Å². The number of hydrogen-bond acceptors (Lipinski definition) is 3. The van der Waals surface area contributed by atoms with Crippen LogP contribution in [0.3, 0.4) is 0 Å². The lowest BCUT2D eigenvalue weighted by Gasteiger charge is -1.98. The smallest absolute Gasteiger partial charge is 0.134 e. The Balaban J connectivity index is 1.92. The van der Waals surface area contributed by atoms with Crippen LogP contribution in [0.25, 0.3) is 11.3 Å². The van der Waals surface area contributed by atoms with Crippen LogP contribution in [0.2, 0.25) is 0 Å². The standard InChI is InChI=1S/C12H12N2O/c1-8-6-12(14-15-8)10-4-5-11(13-7-10)9-2-3-9/h4-7,9H,2-3H2,1H3. The summed E-state index contributed by atoms with van der Waals surface area (Å²) in [5.74, 6) is 1.54. The first-order valence-corrected chi connectivity index (χ1v) is 5.22. The molecule has 0 bridgehead atoms. The van der Waals surface area contributed by atoms with Crippen LogP contribution in [0.1, 0.15) is 30.2 Å². The lowest BCUT2D eigenvalue weighted by Crippen LogP contribution is -1.86. The van der Waals surface area contributed by atoms with Crippen molar-refractivity contribution < 1.29 is 4.52 Å². The lowest BCUT2D eigenvalue weighted by atomic mass is 10.1. The molecule has 0 N–H and O–H groups in total. The van der Waals surface area contributed by atoms with Gasteiger partial charge in [0.25, 0.3) is 0 Å². The average Bonchev–Trinajstić information content (AvgIpc) is 3.02. The van der Waals surface area contributed by atoms with Crippen LogP contribution < -0.4 is 0 Å². The Hall–Kier alpha value is -1.64. The maximum atomic E-state index is 5.03. The molecule has 15 heavy (non-hydrogen) atoms. The maximum absolute atomic E-state index is 5.03. The van der Waals surface area contributed by atoms with Gasteiger partial charge in [0, 0.05) is 29.4 Å². The minimum atomic E-state index is 0.707. The van der Waals surface area contributed by atoms with Crippen LogP contribution in [0, 0.1) is 6.92 Å². The topological polar surface area (TPSA) is 38.9 Å². The highest BCUT2D eigenvalue weighted by Gasteiger charge is 2.24. The molecule has 1 aliphatic rings. The molecule has 1 saturated carbocycles. The van der Waals surface area contributed by atoms with Crippen LogP contribution in [0.15, 0.2) is 28.9 Å². The Labute approximate surface area is 88.1 Å². The van der Waals surface area contributed by atoms with E-state index in [1.165, 1.54) is 18.5 Å². The zero-order valence-electron chi connectivity index (χ0n) is 8.60. The van der Waals surface area contributed by atoms with Gasteiger partial charge in [0.2, 0.25) is 0 Å². The average molecular weight is 200 g/mol. The Morgan fingerprint density at radius 2 is 2.20 bits per heavy atom. The van der Waals surface area contributed by atoms with Gasteiger partial charge in [0.15, 0.2) is 0 Å². The van der Waals surface area contributed by atoms with Crippen molar-refractivity contribution in [2.75, 3.05) is 0 Å². The first kappa shape index (κ1) is 8.65. The normalized spacial score (nSPS) is 15.5. The molecular formula is C12H12N2O. The number of pyridine rings is 1. The molecule has 76 valence electrons. The Morgan fingerprint density at radius 3 is 2.73 bits per heavy atom. The predicted octanol–water partition coefficient (Wildman–Crippen LogP) is 2.92. The second-order valence-electron chi connectivity index (χ2n) is 4.07. The third kappa shape index (κ3) is 1.65. The van der Waals surface area contributed by atoms with Gasteiger partial charge in [-0.1, -0.05) is 5.16 Å². The summed E-state index contributed by atoms with van der Waals surface area (Å²) >= 11 is 0. The van der Waals surface area contributed by atoms with Crippen molar-refractivity contribution in [3.05, 3.63) is 35.9 Å². The molecular weight excluding hydrogens is 188 g/mol. The van der Waals surface area contributed by atoms with Gasteiger partial charge in [-0.25, -0.2) is 0 Å². The lowest BCUT2D eigenvalue weighted by molar-refractivity contribution is 0.399. The molecule has 2 aromatic heterocycles. The van der Waals surface area contributed by atoms with E-state index in [1.54, 1.807) is 0 Å². The Morgan fingerprint density at radius 1 is 1.33 bits per heavy atom. The van der Waals surface area contributed by atoms with Crippen molar-refractivity contribution in [3.63, 3.8) is 0 Å². The number of rotatable bonds is 2. The van der Waals surface area contributed by atoms with E-state index in [0.717, 1.165) is 17.0 Å². The van der Waals surface area contributed by atoms with E-state index in [1.807, 2.05) is 19.2 Å². The predicted molar refractivity (Wildman–Crippen MR) is 56.4 cm³/mol. The summed E-state index contributed by atoms with van der Waals surface area (Å²) in [6, 6.07) is 6.09. The second-order valence-corrected chi connectivity index (χ2v) is 4.07. The highest BCUT2D eigenvalue weighted by molar-refractivity contribution is 5.57. The number of hydrogen-bond donors (Lipinski definition) is 0. The van der Waals surface area contributed by atoms with Crippen molar-refractivity contribution >= 4 is 0 Å². The summed E-state index contributed by atoms with van der Waals surface area (Å²) in [4.78, 5) is 4.44. The molecule has 0 amide bonds. The quantitative estimate of drug-likeness (QED) is 0.748. The van der Waals surface area contributed by atoms with E-state index in [-0.39, 0.29) is 0 Å². The molecule has 0 radical (unpaired) electrons. The Kier molecular flexibility index (Phi) is 1.84. The summed E-state index contributed by atoms with van der Waals surface area (Å²) in [7, 11) is 0. The summed E-state index contributed by atoms with van der Waals surface area (Å²) in [5.41, 5.74) is 3.09. The Bertz CT molecular complexity index is 469. The molecule has 2 aromatic rings. The second kappa shape index (κ2) is 3.19. The van der Waals surface area contributed by atoms with E-state index >= 15 is 0 Å². The van der Waals surface area contributed by atoms with Crippen molar-refractivity contribution in [3.8, 4) is 11.3 Å². The summed E-state index contributed by atoms with van der Waals surface area (Å²) in [5, 5.41) is 3.96. The molecule has 0 spiro atoms. The number of aromatic nitrogens is 2. The molecule has 0 atom stereocenters. The fourth-order valence-corrected chi connectivity index (χ4v) is 1.68. The van der Waals surface area contributed by atoms with Gasteiger partial charge in [-0.05, 0) is 31.9 Å². The monoisotopic (exact) mass is 200 g/mol. The zero-order valence-corrected chi connectivity index (χ0v) is 8.60. The molecule has 0 aromatic carbocycles. The van der Waals surface area contributed by atoms with Gasteiger partial charge >= 0.3 is 0 Å². The molecule has 3 nitrogen and oxygen atoms in total. The first-order valence-electron chi connectivity index (χ1n) is 5.22. The third-order valence-corrected chi connectivity index (χ3v) is 2.71. The van der Waals surface area contributed by atoms with Gasteiger partial charge in [-0.15, -0.1) is 0 Å². The molecule has 3 heteroatoms. The summed E-state index contributed by atoms with van der Waals surface area (Å²) in [6.07, 6.45) is 4.45. The molecule has 1 aliphatic carbocycles. The van der Waals surface area contributed by atoms with E-state index in [4.69, 9.17) is 4.52 Å². The maximum Gasteiger partial charge on any atom is 0.134 e. The highest BCUT2D eigenvalue weighted by atomic mass is 16.5. The number of nitrogens with zero attached hydrogens (tertiary/aromatic N) is 2. The SMILES string of the molecule is Cc1cc(-c2ccc(C3CC3)nc2)no1. The molecule has 2 heterocycles. The first-order chi connectivity index (χ1) is 7.33. The fourth-order valence-electron chi connectivity index (χ4n) is 1.68. The van der Waals surface area contributed by atoms with Gasteiger partial charge in [0.05, 0.1) is 0 Å².